The Morgan fingerprint density at radius 1 is 1.16 bits per heavy atom. The maximum absolute atomic E-state index is 11.5. The minimum Gasteiger partial charge on any atom is -0.487 e. The highest BCUT2D eigenvalue weighted by molar-refractivity contribution is 7.99. The molecule has 3 aromatic rings. The van der Waals surface area contributed by atoms with Crippen LogP contribution in [0.25, 0.3) is 0 Å². The predicted octanol–water partition coefficient (Wildman–Crippen LogP) is 3.70. The molecule has 0 spiro atoms. The molecular weight excluding hydrogens is 490 g/mol. The number of carbonyl (C=O) groups excluding carboxylic acids is 1. The molecule has 0 aliphatic carbocycles. The van der Waals surface area contributed by atoms with Crippen LogP contribution in [-0.4, -0.2) is 83.9 Å². The number of methoxy groups -OCH3 is 1. The number of Topliss-reactive ketones (excluding diaryl/α,β-unsaturated/α-hetero) is 1. The van der Waals surface area contributed by atoms with E-state index in [-0.39, 0.29) is 5.78 Å². The first-order chi connectivity index (χ1) is 17.9. The highest BCUT2D eigenvalue weighted by Crippen LogP contribution is 2.38. The SMILES string of the molecule is CCOc1c(Nc2cc(C)[nH]n2)nc(Sc2ccc(CC(C)=O)cc2)nc1N1CCN(CCOC)CC1. The van der Waals surface area contributed by atoms with Gasteiger partial charge in [0.05, 0.1) is 13.2 Å². The van der Waals surface area contributed by atoms with E-state index in [9.17, 15) is 4.79 Å². The van der Waals surface area contributed by atoms with Gasteiger partial charge in [0.15, 0.2) is 22.6 Å². The van der Waals surface area contributed by atoms with Gasteiger partial charge in [-0.05, 0) is 50.2 Å². The number of nitrogens with zero attached hydrogens (tertiary/aromatic N) is 5. The maximum atomic E-state index is 11.5. The van der Waals surface area contributed by atoms with Crippen molar-refractivity contribution in [3.8, 4) is 5.75 Å². The average Bonchev–Trinajstić information content (AvgIpc) is 3.29. The van der Waals surface area contributed by atoms with Gasteiger partial charge in [0.2, 0.25) is 5.75 Å². The molecule has 11 heteroatoms. The van der Waals surface area contributed by atoms with Gasteiger partial charge in [0.1, 0.15) is 5.78 Å². The summed E-state index contributed by atoms with van der Waals surface area (Å²) in [7, 11) is 1.73. The first-order valence-corrected chi connectivity index (χ1v) is 13.3. The van der Waals surface area contributed by atoms with Crippen LogP contribution in [-0.2, 0) is 16.0 Å². The number of aromatic nitrogens is 4. The molecule has 0 unspecified atom stereocenters. The summed E-state index contributed by atoms with van der Waals surface area (Å²) in [6.45, 7) is 11.1. The van der Waals surface area contributed by atoms with Crippen LogP contribution < -0.4 is 15.0 Å². The van der Waals surface area contributed by atoms with Crippen molar-refractivity contribution >= 4 is 35.0 Å². The quantitative estimate of drug-likeness (QED) is 0.340. The molecule has 0 bridgehead atoms. The molecule has 0 radical (unpaired) electrons. The summed E-state index contributed by atoms with van der Waals surface area (Å²) in [6.07, 6.45) is 0.433. The summed E-state index contributed by atoms with van der Waals surface area (Å²) in [5.41, 5.74) is 1.94. The molecule has 1 fully saturated rings. The monoisotopic (exact) mass is 525 g/mol. The van der Waals surface area contributed by atoms with Crippen molar-refractivity contribution in [3.05, 3.63) is 41.6 Å². The number of anilines is 3. The van der Waals surface area contributed by atoms with Crippen LogP contribution in [0.5, 0.6) is 5.75 Å². The fraction of sp³-hybridized carbons (Fsp3) is 0.462. The number of ether oxygens (including phenoxy) is 2. The largest absolute Gasteiger partial charge is 0.487 e. The zero-order chi connectivity index (χ0) is 26.2. The number of nitrogens with one attached hydrogen (secondary N) is 2. The number of ketones is 1. The second-order valence-corrected chi connectivity index (χ2v) is 9.99. The predicted molar refractivity (Wildman–Crippen MR) is 145 cm³/mol. The van der Waals surface area contributed by atoms with Crippen molar-refractivity contribution in [1.82, 2.24) is 25.1 Å². The molecule has 1 aliphatic rings. The van der Waals surface area contributed by atoms with Crippen LogP contribution in [0.1, 0.15) is 25.1 Å². The highest BCUT2D eigenvalue weighted by Gasteiger charge is 2.25. The topological polar surface area (TPSA) is 108 Å². The number of benzene rings is 1. The van der Waals surface area contributed by atoms with Crippen LogP contribution in [0.4, 0.5) is 17.5 Å². The van der Waals surface area contributed by atoms with Gasteiger partial charge in [-0.25, -0.2) is 9.97 Å². The minimum absolute atomic E-state index is 0.145. The lowest BCUT2D eigenvalue weighted by Gasteiger charge is -2.36. The molecule has 3 heterocycles. The molecule has 10 nitrogen and oxygen atoms in total. The molecular formula is C26H35N7O3S. The lowest BCUT2D eigenvalue weighted by Crippen LogP contribution is -2.47. The number of carbonyl (C=O) groups is 1. The lowest BCUT2D eigenvalue weighted by molar-refractivity contribution is -0.116. The van der Waals surface area contributed by atoms with E-state index in [4.69, 9.17) is 19.4 Å². The second kappa shape index (κ2) is 12.9. The Labute approximate surface area is 222 Å². The third-order valence-corrected chi connectivity index (χ3v) is 6.81. The van der Waals surface area contributed by atoms with Crippen LogP contribution >= 0.6 is 11.8 Å². The van der Waals surface area contributed by atoms with E-state index in [0.29, 0.717) is 35.6 Å². The molecule has 0 saturated carbocycles. The van der Waals surface area contributed by atoms with Gasteiger partial charge in [-0.15, -0.1) is 0 Å². The molecule has 0 amide bonds. The van der Waals surface area contributed by atoms with Crippen LogP contribution in [0.3, 0.4) is 0 Å². The van der Waals surface area contributed by atoms with Crippen molar-refractivity contribution in [2.45, 2.75) is 37.2 Å². The van der Waals surface area contributed by atoms with E-state index in [2.05, 4.69) is 25.3 Å². The summed E-state index contributed by atoms with van der Waals surface area (Å²) in [5.74, 6) is 2.78. The summed E-state index contributed by atoms with van der Waals surface area (Å²) in [5, 5.41) is 11.2. The molecule has 1 aliphatic heterocycles. The van der Waals surface area contributed by atoms with Gasteiger partial charge in [0, 0.05) is 62.9 Å². The van der Waals surface area contributed by atoms with Crippen molar-refractivity contribution in [2.75, 3.05) is 63.3 Å². The number of rotatable bonds is 12. The van der Waals surface area contributed by atoms with Gasteiger partial charge >= 0.3 is 0 Å². The van der Waals surface area contributed by atoms with Crippen LogP contribution in [0.2, 0.25) is 0 Å². The number of piperazine rings is 1. The Kier molecular flexibility index (Phi) is 9.37. The van der Waals surface area contributed by atoms with Gasteiger partial charge in [-0.3, -0.25) is 14.8 Å². The zero-order valence-corrected chi connectivity index (χ0v) is 22.7. The van der Waals surface area contributed by atoms with Gasteiger partial charge < -0.3 is 19.7 Å². The molecule has 0 atom stereocenters. The number of aryl methyl sites for hydroxylation is 1. The van der Waals surface area contributed by atoms with E-state index < -0.39 is 0 Å². The number of H-pyrrole nitrogens is 1. The van der Waals surface area contributed by atoms with E-state index in [1.165, 1.54) is 11.8 Å². The number of hydrogen-bond acceptors (Lipinski definition) is 10. The van der Waals surface area contributed by atoms with Crippen LogP contribution in [0.15, 0.2) is 40.4 Å². The zero-order valence-electron chi connectivity index (χ0n) is 21.9. The molecule has 2 aromatic heterocycles. The molecule has 2 N–H and O–H groups in total. The molecule has 198 valence electrons. The Hall–Kier alpha value is -3.15. The van der Waals surface area contributed by atoms with E-state index >= 15 is 0 Å². The maximum Gasteiger partial charge on any atom is 0.205 e. The standard InChI is InChI=1S/C26H35N7O3S/c1-5-36-23-24(27-22-16-18(2)30-31-22)28-26(37-21-8-6-20(7-9-21)17-19(3)34)29-25(23)33-12-10-32(11-13-33)14-15-35-4/h6-9,16H,5,10-15,17H2,1-4H3,(H2,27,28,29,30,31). The Bertz CT molecular complexity index is 1180. The average molecular weight is 526 g/mol. The van der Waals surface area contributed by atoms with E-state index in [1.807, 2.05) is 44.2 Å². The molecule has 1 saturated heterocycles. The Balaban J connectivity index is 1.64. The second-order valence-electron chi connectivity index (χ2n) is 8.95. The minimum atomic E-state index is 0.145. The van der Waals surface area contributed by atoms with Gasteiger partial charge in [0.25, 0.3) is 0 Å². The van der Waals surface area contributed by atoms with Crippen LogP contribution in [0, 0.1) is 6.92 Å². The first-order valence-electron chi connectivity index (χ1n) is 12.5. The molecule has 1 aromatic carbocycles. The van der Waals surface area contributed by atoms with Crippen molar-refractivity contribution in [2.24, 2.45) is 0 Å². The lowest BCUT2D eigenvalue weighted by atomic mass is 10.1. The summed E-state index contributed by atoms with van der Waals surface area (Å²) in [6, 6.07) is 9.88. The van der Waals surface area contributed by atoms with Gasteiger partial charge in [-0.2, -0.15) is 5.10 Å². The fourth-order valence-corrected chi connectivity index (χ4v) is 4.87. The van der Waals surface area contributed by atoms with Crippen molar-refractivity contribution in [3.63, 3.8) is 0 Å². The summed E-state index contributed by atoms with van der Waals surface area (Å²) >= 11 is 1.48. The molecule has 37 heavy (non-hydrogen) atoms. The third kappa shape index (κ3) is 7.43. The van der Waals surface area contributed by atoms with Gasteiger partial charge in [-0.1, -0.05) is 12.1 Å². The smallest absolute Gasteiger partial charge is 0.205 e. The Morgan fingerprint density at radius 3 is 2.54 bits per heavy atom. The van der Waals surface area contributed by atoms with Crippen molar-refractivity contribution in [1.29, 1.82) is 0 Å². The summed E-state index contributed by atoms with van der Waals surface area (Å²) in [4.78, 5) is 26.9. The third-order valence-electron chi connectivity index (χ3n) is 5.94. The number of aromatic amines is 1. The first kappa shape index (κ1) is 26.9. The van der Waals surface area contributed by atoms with E-state index in [0.717, 1.165) is 61.3 Å². The van der Waals surface area contributed by atoms with E-state index in [1.54, 1.807) is 14.0 Å². The van der Waals surface area contributed by atoms with Crippen molar-refractivity contribution < 1.29 is 14.3 Å². The normalized spacial score (nSPS) is 14.1. The Morgan fingerprint density at radius 2 is 1.92 bits per heavy atom. The fourth-order valence-electron chi connectivity index (χ4n) is 4.12. The highest BCUT2D eigenvalue weighted by atomic mass is 32.2. The number of hydrogen-bond donors (Lipinski definition) is 2. The molecule has 4 rings (SSSR count). The summed E-state index contributed by atoms with van der Waals surface area (Å²) < 4.78 is 11.4.